The lowest BCUT2D eigenvalue weighted by Gasteiger charge is -2.30. The van der Waals surface area contributed by atoms with Gasteiger partial charge in [0.15, 0.2) is 6.54 Å². The fraction of sp³-hybridized carbons (Fsp3) is 0.429. The molecule has 1 aliphatic carbocycles. The second-order valence-corrected chi connectivity index (χ2v) is 20.0. The lowest BCUT2D eigenvalue weighted by Crippen LogP contribution is -2.38. The number of hydrogen-bond donors (Lipinski definition) is 4. The number of carbonyl (C=O) groups is 3. The number of rotatable bonds is 23. The summed E-state index contributed by atoms with van der Waals surface area (Å²) < 4.78 is 113. The summed E-state index contributed by atoms with van der Waals surface area (Å²) in [7, 11) is -11.5. The lowest BCUT2D eigenvalue weighted by molar-refractivity contribution is -0.137. The molecular weight excluding hydrogens is 881 g/mol. The van der Waals surface area contributed by atoms with Gasteiger partial charge in [-0.3, -0.25) is 32.9 Å². The normalized spacial score (nSPS) is 18.0. The Morgan fingerprint density at radius 1 is 0.857 bits per heavy atom. The Bertz CT molecular complexity index is 2640. The van der Waals surface area contributed by atoms with Crippen molar-refractivity contribution in [1.29, 1.82) is 0 Å². The van der Waals surface area contributed by atoms with Crippen molar-refractivity contribution in [3.63, 3.8) is 0 Å². The molecule has 4 aliphatic rings. The number of anilines is 1. The SMILES string of the molecule is COCC[N+](CCCS(=O)(=O)O)=c1ccc2c(/C=C/C=C3/N(CCCCCC(=O)NCCN4C(=O)C=CC4=O)c4ccc(S(=O)(=O)O)cc4C3(C)CCCS(=O)(=O)O)ccoc-2c1. The second kappa shape index (κ2) is 21.1. The molecule has 3 amide bonds. The van der Waals surface area contributed by atoms with Gasteiger partial charge < -0.3 is 19.4 Å². The number of unbranched alkanes of at least 4 members (excludes halogenated alkanes) is 2. The van der Waals surface area contributed by atoms with E-state index in [1.807, 2.05) is 52.8 Å². The Labute approximate surface area is 367 Å². The number of carbonyl (C=O) groups excluding carboxylic acids is 3. The molecule has 0 fully saturated rings. The Balaban J connectivity index is 1.42. The van der Waals surface area contributed by atoms with E-state index in [9.17, 15) is 53.3 Å². The van der Waals surface area contributed by atoms with Crippen LogP contribution < -0.4 is 20.1 Å². The smallest absolute Gasteiger partial charge is 0.294 e. The van der Waals surface area contributed by atoms with E-state index in [1.54, 1.807) is 19.2 Å². The minimum atomic E-state index is -4.62. The molecular formula is C42H53N4O14S3+. The maximum absolute atomic E-state index is 12.5. The highest BCUT2D eigenvalue weighted by Crippen LogP contribution is 2.51. The molecule has 3 heterocycles. The number of ether oxygens (including phenoxy) is 1. The first-order valence-electron chi connectivity index (χ1n) is 20.3. The quantitative estimate of drug-likeness (QED) is 0.0461. The molecule has 0 saturated heterocycles. The zero-order valence-corrected chi connectivity index (χ0v) is 37.5. The van der Waals surface area contributed by atoms with Gasteiger partial charge in [-0.05, 0) is 80.1 Å². The van der Waals surface area contributed by atoms with Gasteiger partial charge in [-0.1, -0.05) is 18.6 Å². The Morgan fingerprint density at radius 3 is 2.25 bits per heavy atom. The van der Waals surface area contributed by atoms with Gasteiger partial charge in [0.25, 0.3) is 42.2 Å². The molecule has 1 atom stereocenters. The molecule has 1 unspecified atom stereocenters. The molecule has 0 saturated carbocycles. The molecule has 18 nitrogen and oxygen atoms in total. The van der Waals surface area contributed by atoms with Crippen LogP contribution in [0.2, 0.25) is 0 Å². The van der Waals surface area contributed by atoms with Crippen LogP contribution in [0.1, 0.15) is 63.0 Å². The van der Waals surface area contributed by atoms with Gasteiger partial charge in [-0.15, -0.1) is 0 Å². The molecule has 1 aromatic carbocycles. The average molecular weight is 934 g/mol. The summed E-state index contributed by atoms with van der Waals surface area (Å²) in [6.07, 6.45) is 11.7. The van der Waals surface area contributed by atoms with Crippen LogP contribution in [0.5, 0.6) is 0 Å². The second-order valence-electron chi connectivity index (χ2n) is 15.4. The number of hydrogen-bond acceptors (Lipinski definition) is 12. The fourth-order valence-electron chi connectivity index (χ4n) is 7.80. The first kappa shape index (κ1) is 49.0. The fourth-order valence-corrected chi connectivity index (χ4v) is 9.30. The van der Waals surface area contributed by atoms with E-state index in [-0.39, 0.29) is 49.6 Å². The number of amides is 3. The minimum absolute atomic E-state index is 0.0237. The van der Waals surface area contributed by atoms with Gasteiger partial charge in [0.2, 0.25) is 11.3 Å². The van der Waals surface area contributed by atoms with Crippen molar-refractivity contribution in [3.05, 3.63) is 95.2 Å². The molecule has 3 aliphatic heterocycles. The van der Waals surface area contributed by atoms with Crippen molar-refractivity contribution in [1.82, 2.24) is 14.8 Å². The third-order valence-corrected chi connectivity index (χ3v) is 13.4. The number of fused-ring (bicyclic) bond motifs is 2. The van der Waals surface area contributed by atoms with E-state index < -0.39 is 59.1 Å². The van der Waals surface area contributed by atoms with Gasteiger partial charge in [0, 0.05) is 80.2 Å². The summed E-state index contributed by atoms with van der Waals surface area (Å²) in [5.74, 6) is -1.49. The van der Waals surface area contributed by atoms with Gasteiger partial charge in [-0.25, -0.2) is 4.58 Å². The Morgan fingerprint density at radius 2 is 1.57 bits per heavy atom. The zero-order valence-electron chi connectivity index (χ0n) is 35.0. The Kier molecular flexibility index (Phi) is 16.4. The summed E-state index contributed by atoms with van der Waals surface area (Å²) in [6.45, 7) is 3.60. The molecule has 0 spiro atoms. The number of nitrogens with zero attached hydrogens (tertiary/aromatic N) is 3. The third kappa shape index (κ3) is 13.5. The standard InChI is InChI=1S/C42H52N4O14S3/c1-42(19-7-27-61(50,51)52)35-30-33(63(56,57)58)13-15-36(35)45(22-5-3-4-11-39(47)43-20-23-46-40(48)16-17-41(46)49)38(42)10-6-9-31-18-25-60-37-29-32(12-14-34(31)37)44(24-26-59-2)21-8-28-62(53,54)55/h6,9-10,12-18,25,29-30H,3-5,7-8,11,19-24,26-28H2,1-2H3,(H3-,43,47,50,51,52,53,54,55,56,57,58)/p+1. The number of benzene rings is 2. The maximum atomic E-state index is 12.5. The van der Waals surface area contributed by atoms with E-state index >= 15 is 0 Å². The maximum Gasteiger partial charge on any atom is 0.294 e. The van der Waals surface area contributed by atoms with Crippen LogP contribution in [0, 0.1) is 0 Å². The van der Waals surface area contributed by atoms with E-state index in [4.69, 9.17) is 9.15 Å². The molecule has 21 heteroatoms. The van der Waals surface area contributed by atoms with Crippen LogP contribution in [0.25, 0.3) is 17.4 Å². The molecule has 0 radical (unpaired) electrons. The van der Waals surface area contributed by atoms with Crippen molar-refractivity contribution in [3.8, 4) is 11.3 Å². The molecule has 1 aromatic rings. The summed E-state index contributed by atoms with van der Waals surface area (Å²) in [4.78, 5) is 38.8. The van der Waals surface area contributed by atoms with E-state index in [0.717, 1.165) is 21.4 Å². The predicted octanol–water partition coefficient (Wildman–Crippen LogP) is 3.27. The molecule has 63 heavy (non-hydrogen) atoms. The monoisotopic (exact) mass is 933 g/mol. The molecule has 0 bridgehead atoms. The summed E-state index contributed by atoms with van der Waals surface area (Å²) in [5.41, 5.74) is 2.39. The van der Waals surface area contributed by atoms with Crippen molar-refractivity contribution < 1.29 is 62.4 Å². The first-order valence-corrected chi connectivity index (χ1v) is 24.9. The van der Waals surface area contributed by atoms with Crippen molar-refractivity contribution in [2.45, 2.75) is 62.2 Å². The molecule has 4 N–H and O–H groups in total. The number of allylic oxidation sites excluding steroid dienone is 3. The number of methoxy groups -OCH3 is 1. The van der Waals surface area contributed by atoms with Crippen molar-refractivity contribution in [2.75, 3.05) is 62.8 Å². The third-order valence-electron chi connectivity index (χ3n) is 10.9. The van der Waals surface area contributed by atoms with Gasteiger partial charge >= 0.3 is 0 Å². The average Bonchev–Trinajstić information content (AvgIpc) is 3.64. The summed E-state index contributed by atoms with van der Waals surface area (Å²) >= 11 is 0. The van der Waals surface area contributed by atoms with Crippen LogP contribution in [0.4, 0.5) is 5.69 Å². The number of nitrogens with one attached hydrogen (secondary N) is 1. The van der Waals surface area contributed by atoms with Crippen molar-refractivity contribution >= 4 is 59.8 Å². The van der Waals surface area contributed by atoms with E-state index in [0.29, 0.717) is 68.2 Å². The van der Waals surface area contributed by atoms with Gasteiger partial charge in [0.05, 0.1) is 28.7 Å². The number of imide groups is 1. The Hall–Kier alpha value is -5.03. The highest BCUT2D eigenvalue weighted by Gasteiger charge is 2.43. The van der Waals surface area contributed by atoms with Gasteiger partial charge in [0.1, 0.15) is 18.9 Å². The zero-order chi connectivity index (χ0) is 46.0. The van der Waals surface area contributed by atoms with Crippen molar-refractivity contribution in [2.24, 2.45) is 0 Å². The molecule has 0 aromatic heterocycles. The van der Waals surface area contributed by atoms with Crippen LogP contribution >= 0.6 is 0 Å². The van der Waals surface area contributed by atoms with E-state index in [1.165, 1.54) is 30.5 Å². The van der Waals surface area contributed by atoms with E-state index in [2.05, 4.69) is 5.32 Å². The highest BCUT2D eigenvalue weighted by molar-refractivity contribution is 7.86. The highest BCUT2D eigenvalue weighted by atomic mass is 32.2. The molecule has 342 valence electrons. The van der Waals surface area contributed by atoms with Crippen LogP contribution in [0.3, 0.4) is 0 Å². The predicted molar refractivity (Wildman–Crippen MR) is 234 cm³/mol. The first-order chi connectivity index (χ1) is 29.7. The van der Waals surface area contributed by atoms with Crippen LogP contribution in [-0.2, 0) is 54.9 Å². The van der Waals surface area contributed by atoms with Crippen LogP contribution in [0.15, 0.2) is 88.0 Å². The lowest BCUT2D eigenvalue weighted by atomic mass is 9.77. The van der Waals surface area contributed by atoms with Gasteiger partial charge in [-0.2, -0.15) is 25.3 Å². The summed E-state index contributed by atoms with van der Waals surface area (Å²) in [5, 5.41) is 3.47. The largest absolute Gasteiger partial charge is 0.464 e. The topological polar surface area (TPSA) is 258 Å². The minimum Gasteiger partial charge on any atom is -0.464 e. The summed E-state index contributed by atoms with van der Waals surface area (Å²) in [6, 6.07) is 11.6. The van der Waals surface area contributed by atoms with Crippen LogP contribution in [-0.4, -0.2) is 119 Å². The molecule has 5 rings (SSSR count).